The summed E-state index contributed by atoms with van der Waals surface area (Å²) >= 11 is 0. The van der Waals surface area contributed by atoms with Crippen LogP contribution in [0.3, 0.4) is 0 Å². The predicted octanol–water partition coefficient (Wildman–Crippen LogP) is 3.97. The SMILES string of the molecule is CCOC(=O)C(C)c1ccc(CC(C)C)cc1.Cl. The normalized spacial score (nSPS) is 11.8. The van der Waals surface area contributed by atoms with Crippen LogP contribution in [0, 0.1) is 5.92 Å². The van der Waals surface area contributed by atoms with Gasteiger partial charge in [-0.05, 0) is 37.3 Å². The van der Waals surface area contributed by atoms with E-state index in [9.17, 15) is 4.79 Å². The number of rotatable bonds is 5. The van der Waals surface area contributed by atoms with Crippen molar-refractivity contribution in [3.63, 3.8) is 0 Å². The average molecular weight is 271 g/mol. The number of carbonyl (C=O) groups excluding carboxylic acids is 1. The van der Waals surface area contributed by atoms with Crippen LogP contribution in [-0.2, 0) is 16.0 Å². The average Bonchev–Trinajstić information content (AvgIpc) is 2.28. The third-order valence-electron chi connectivity index (χ3n) is 2.76. The quantitative estimate of drug-likeness (QED) is 0.757. The summed E-state index contributed by atoms with van der Waals surface area (Å²) in [6, 6.07) is 8.26. The highest BCUT2D eigenvalue weighted by molar-refractivity contribution is 5.85. The molecule has 0 spiro atoms. The lowest BCUT2D eigenvalue weighted by Gasteiger charge is -2.12. The molecule has 18 heavy (non-hydrogen) atoms. The fraction of sp³-hybridized carbons (Fsp3) is 0.533. The molecule has 0 aliphatic heterocycles. The van der Waals surface area contributed by atoms with Crippen molar-refractivity contribution in [2.24, 2.45) is 5.92 Å². The molecule has 1 atom stereocenters. The van der Waals surface area contributed by atoms with Gasteiger partial charge in [0.2, 0.25) is 0 Å². The number of halogens is 1. The van der Waals surface area contributed by atoms with Gasteiger partial charge >= 0.3 is 5.97 Å². The second-order valence-corrected chi connectivity index (χ2v) is 4.81. The van der Waals surface area contributed by atoms with Crippen molar-refractivity contribution in [3.8, 4) is 0 Å². The summed E-state index contributed by atoms with van der Waals surface area (Å²) in [5.74, 6) is 0.329. The maximum Gasteiger partial charge on any atom is 0.313 e. The second-order valence-electron chi connectivity index (χ2n) is 4.81. The van der Waals surface area contributed by atoms with E-state index in [-0.39, 0.29) is 24.3 Å². The van der Waals surface area contributed by atoms with Crippen molar-refractivity contribution < 1.29 is 9.53 Å². The Kier molecular flexibility index (Phi) is 7.69. The number of carbonyl (C=O) groups is 1. The zero-order valence-corrected chi connectivity index (χ0v) is 12.4. The summed E-state index contributed by atoms with van der Waals surface area (Å²) in [4.78, 5) is 11.6. The molecule has 0 bridgehead atoms. The van der Waals surface area contributed by atoms with Crippen LogP contribution in [0.1, 0.15) is 44.7 Å². The molecular formula is C15H23ClO2. The molecule has 3 heteroatoms. The molecule has 0 N–H and O–H groups in total. The zero-order chi connectivity index (χ0) is 12.8. The van der Waals surface area contributed by atoms with E-state index in [0.29, 0.717) is 12.5 Å². The van der Waals surface area contributed by atoms with Gasteiger partial charge in [-0.2, -0.15) is 0 Å². The molecule has 0 saturated carbocycles. The first-order chi connectivity index (χ1) is 8.04. The zero-order valence-electron chi connectivity index (χ0n) is 11.6. The van der Waals surface area contributed by atoms with E-state index in [1.807, 2.05) is 26.0 Å². The molecule has 0 aliphatic carbocycles. The number of benzene rings is 1. The van der Waals surface area contributed by atoms with Gasteiger partial charge in [0.25, 0.3) is 0 Å². The summed E-state index contributed by atoms with van der Waals surface area (Å²) < 4.78 is 5.01. The lowest BCUT2D eigenvalue weighted by molar-refractivity contribution is -0.144. The van der Waals surface area contributed by atoms with Crippen molar-refractivity contribution >= 4 is 18.4 Å². The summed E-state index contributed by atoms with van der Waals surface area (Å²) in [6.07, 6.45) is 1.08. The Balaban J connectivity index is 0.00000289. The molecule has 1 rings (SSSR count). The van der Waals surface area contributed by atoms with Gasteiger partial charge in [-0.15, -0.1) is 12.4 Å². The molecule has 0 fully saturated rings. The number of hydrogen-bond donors (Lipinski definition) is 0. The van der Waals surface area contributed by atoms with Gasteiger partial charge < -0.3 is 4.74 Å². The Morgan fingerprint density at radius 3 is 2.17 bits per heavy atom. The molecule has 1 unspecified atom stereocenters. The van der Waals surface area contributed by atoms with Crippen molar-refractivity contribution in [1.82, 2.24) is 0 Å². The number of hydrogen-bond acceptors (Lipinski definition) is 2. The Morgan fingerprint density at radius 1 is 1.17 bits per heavy atom. The van der Waals surface area contributed by atoms with E-state index < -0.39 is 0 Å². The van der Waals surface area contributed by atoms with Crippen molar-refractivity contribution in [3.05, 3.63) is 35.4 Å². The third-order valence-corrected chi connectivity index (χ3v) is 2.76. The number of ether oxygens (including phenoxy) is 1. The Bertz CT molecular complexity index is 357. The lowest BCUT2D eigenvalue weighted by Crippen LogP contribution is -2.12. The minimum Gasteiger partial charge on any atom is -0.466 e. The van der Waals surface area contributed by atoms with Gasteiger partial charge in [0.05, 0.1) is 12.5 Å². The molecule has 0 aliphatic rings. The standard InChI is InChI=1S/C15H22O2.ClH/c1-5-17-15(16)12(4)14-8-6-13(7-9-14)10-11(2)3;/h6-9,11-12H,5,10H2,1-4H3;1H. The molecule has 0 radical (unpaired) electrons. The van der Waals surface area contributed by atoms with Crippen molar-refractivity contribution in [2.45, 2.75) is 40.0 Å². The highest BCUT2D eigenvalue weighted by Gasteiger charge is 2.15. The smallest absolute Gasteiger partial charge is 0.313 e. The Hall–Kier alpha value is -1.02. The maximum absolute atomic E-state index is 11.6. The predicted molar refractivity (Wildman–Crippen MR) is 77.3 cm³/mol. The highest BCUT2D eigenvalue weighted by Crippen LogP contribution is 2.18. The van der Waals surface area contributed by atoms with E-state index >= 15 is 0 Å². The van der Waals surface area contributed by atoms with Crippen LogP contribution in [0.4, 0.5) is 0 Å². The van der Waals surface area contributed by atoms with Crippen LogP contribution in [-0.4, -0.2) is 12.6 Å². The monoisotopic (exact) mass is 270 g/mol. The van der Waals surface area contributed by atoms with E-state index in [1.165, 1.54) is 5.56 Å². The summed E-state index contributed by atoms with van der Waals surface area (Å²) in [5, 5.41) is 0. The minimum absolute atomic E-state index is 0. The number of esters is 1. The van der Waals surface area contributed by atoms with Crippen molar-refractivity contribution in [1.29, 1.82) is 0 Å². The molecule has 102 valence electrons. The van der Waals surface area contributed by atoms with Gasteiger partial charge in [0.1, 0.15) is 0 Å². The molecule has 0 saturated heterocycles. The first kappa shape index (κ1) is 17.0. The summed E-state index contributed by atoms with van der Waals surface area (Å²) in [5.41, 5.74) is 2.34. The van der Waals surface area contributed by atoms with E-state index in [4.69, 9.17) is 4.74 Å². The minimum atomic E-state index is -0.178. The summed E-state index contributed by atoms with van der Waals surface area (Å²) in [7, 11) is 0. The van der Waals surface area contributed by atoms with Crippen LogP contribution >= 0.6 is 12.4 Å². The molecule has 0 amide bonds. The first-order valence-corrected chi connectivity index (χ1v) is 6.30. The van der Waals surface area contributed by atoms with Crippen LogP contribution in [0.15, 0.2) is 24.3 Å². The maximum atomic E-state index is 11.6. The van der Waals surface area contributed by atoms with Gasteiger partial charge in [0, 0.05) is 0 Å². The third kappa shape index (κ3) is 5.09. The Morgan fingerprint density at radius 2 is 1.72 bits per heavy atom. The highest BCUT2D eigenvalue weighted by atomic mass is 35.5. The van der Waals surface area contributed by atoms with Gasteiger partial charge in [-0.3, -0.25) is 4.79 Å². The molecule has 2 nitrogen and oxygen atoms in total. The van der Waals surface area contributed by atoms with Crippen LogP contribution in [0.2, 0.25) is 0 Å². The fourth-order valence-corrected chi connectivity index (χ4v) is 1.82. The molecule has 1 aromatic rings. The fourth-order valence-electron chi connectivity index (χ4n) is 1.82. The summed E-state index contributed by atoms with van der Waals surface area (Å²) in [6.45, 7) is 8.56. The molecule has 1 aromatic carbocycles. The lowest BCUT2D eigenvalue weighted by atomic mass is 9.97. The van der Waals surface area contributed by atoms with Crippen LogP contribution in [0.25, 0.3) is 0 Å². The second kappa shape index (κ2) is 8.15. The molecule has 0 heterocycles. The van der Waals surface area contributed by atoms with Gasteiger partial charge in [-0.25, -0.2) is 0 Å². The Labute approximate surface area is 116 Å². The van der Waals surface area contributed by atoms with Crippen molar-refractivity contribution in [2.75, 3.05) is 6.61 Å². The van der Waals surface area contributed by atoms with Crippen LogP contribution < -0.4 is 0 Å². The first-order valence-electron chi connectivity index (χ1n) is 6.30. The topological polar surface area (TPSA) is 26.3 Å². The van der Waals surface area contributed by atoms with E-state index in [1.54, 1.807) is 0 Å². The van der Waals surface area contributed by atoms with Gasteiger partial charge in [0.15, 0.2) is 0 Å². The van der Waals surface area contributed by atoms with E-state index in [0.717, 1.165) is 12.0 Å². The van der Waals surface area contributed by atoms with Gasteiger partial charge in [-0.1, -0.05) is 38.1 Å². The molecule has 0 aromatic heterocycles. The largest absolute Gasteiger partial charge is 0.466 e. The molecular weight excluding hydrogens is 248 g/mol. The van der Waals surface area contributed by atoms with Crippen LogP contribution in [0.5, 0.6) is 0 Å². The van der Waals surface area contributed by atoms with E-state index in [2.05, 4.69) is 26.0 Å².